The predicted molar refractivity (Wildman–Crippen MR) is 65.0 cm³/mol. The number of hydrogen-bond acceptors (Lipinski definition) is 2. The SMILES string of the molecule is CC1CC(C)C(C)N(CC2CCNC2)C1. The van der Waals surface area contributed by atoms with E-state index in [0.29, 0.717) is 0 Å². The van der Waals surface area contributed by atoms with Gasteiger partial charge in [0.1, 0.15) is 0 Å². The van der Waals surface area contributed by atoms with Crippen LogP contribution in [-0.2, 0) is 0 Å². The molecular weight excluding hydrogens is 184 g/mol. The molecule has 0 bridgehead atoms. The molecule has 88 valence electrons. The van der Waals surface area contributed by atoms with Crippen LogP contribution in [0.25, 0.3) is 0 Å². The molecule has 2 aliphatic heterocycles. The predicted octanol–water partition coefficient (Wildman–Crippen LogP) is 1.96. The summed E-state index contributed by atoms with van der Waals surface area (Å²) in [5.41, 5.74) is 0. The van der Waals surface area contributed by atoms with Crippen molar-refractivity contribution in [3.63, 3.8) is 0 Å². The fourth-order valence-electron chi connectivity index (χ4n) is 3.28. The van der Waals surface area contributed by atoms with Gasteiger partial charge in [0.15, 0.2) is 0 Å². The summed E-state index contributed by atoms with van der Waals surface area (Å²) in [5, 5.41) is 3.47. The Bertz CT molecular complexity index is 199. The highest BCUT2D eigenvalue weighted by Gasteiger charge is 2.30. The van der Waals surface area contributed by atoms with Crippen molar-refractivity contribution < 1.29 is 0 Å². The molecule has 0 aromatic heterocycles. The van der Waals surface area contributed by atoms with Gasteiger partial charge in [0.05, 0.1) is 0 Å². The van der Waals surface area contributed by atoms with Crippen LogP contribution in [0.5, 0.6) is 0 Å². The Kier molecular flexibility index (Phi) is 3.68. The Hall–Kier alpha value is -0.0800. The molecule has 2 fully saturated rings. The van der Waals surface area contributed by atoms with Crippen LogP contribution in [0.4, 0.5) is 0 Å². The maximum atomic E-state index is 3.47. The molecule has 1 N–H and O–H groups in total. The zero-order chi connectivity index (χ0) is 10.8. The molecule has 4 unspecified atom stereocenters. The van der Waals surface area contributed by atoms with Gasteiger partial charge < -0.3 is 5.32 Å². The third kappa shape index (κ3) is 2.73. The lowest BCUT2D eigenvalue weighted by atomic mass is 9.85. The summed E-state index contributed by atoms with van der Waals surface area (Å²) in [7, 11) is 0. The molecule has 2 saturated heterocycles. The smallest absolute Gasteiger partial charge is 0.00929 e. The molecule has 2 heterocycles. The second-order valence-electron chi connectivity index (χ2n) is 5.87. The van der Waals surface area contributed by atoms with E-state index in [1.165, 1.54) is 39.0 Å². The quantitative estimate of drug-likeness (QED) is 0.749. The van der Waals surface area contributed by atoms with Gasteiger partial charge in [0, 0.05) is 19.1 Å². The summed E-state index contributed by atoms with van der Waals surface area (Å²) in [6.07, 6.45) is 2.80. The van der Waals surface area contributed by atoms with Crippen LogP contribution in [0, 0.1) is 17.8 Å². The maximum Gasteiger partial charge on any atom is 0.00929 e. The lowest BCUT2D eigenvalue weighted by molar-refractivity contribution is 0.0671. The lowest BCUT2D eigenvalue weighted by Gasteiger charge is -2.42. The highest BCUT2D eigenvalue weighted by atomic mass is 15.2. The number of piperidine rings is 1. The molecule has 4 atom stereocenters. The van der Waals surface area contributed by atoms with E-state index in [1.807, 2.05) is 0 Å². The van der Waals surface area contributed by atoms with Crippen molar-refractivity contribution in [2.75, 3.05) is 26.2 Å². The number of likely N-dealkylation sites (tertiary alicyclic amines) is 1. The third-order valence-electron chi connectivity index (χ3n) is 4.37. The molecular formula is C13H26N2. The van der Waals surface area contributed by atoms with Crippen molar-refractivity contribution in [2.45, 2.75) is 39.7 Å². The van der Waals surface area contributed by atoms with Crippen LogP contribution >= 0.6 is 0 Å². The minimum absolute atomic E-state index is 0.793. The van der Waals surface area contributed by atoms with Crippen LogP contribution in [0.3, 0.4) is 0 Å². The molecule has 2 heteroatoms. The first-order chi connectivity index (χ1) is 7.16. The first-order valence-corrected chi connectivity index (χ1v) is 6.61. The summed E-state index contributed by atoms with van der Waals surface area (Å²) >= 11 is 0. The Morgan fingerprint density at radius 1 is 1.27 bits per heavy atom. The van der Waals surface area contributed by atoms with Crippen molar-refractivity contribution in [2.24, 2.45) is 17.8 Å². The first kappa shape index (κ1) is 11.4. The highest BCUT2D eigenvalue weighted by molar-refractivity contribution is 4.85. The molecule has 0 amide bonds. The minimum atomic E-state index is 0.793. The van der Waals surface area contributed by atoms with Crippen LogP contribution < -0.4 is 5.32 Å². The molecule has 15 heavy (non-hydrogen) atoms. The van der Waals surface area contributed by atoms with Gasteiger partial charge in [0.25, 0.3) is 0 Å². The van der Waals surface area contributed by atoms with Crippen molar-refractivity contribution in [3.05, 3.63) is 0 Å². The molecule has 0 aromatic carbocycles. The average molecular weight is 210 g/mol. The molecule has 0 spiro atoms. The zero-order valence-electron chi connectivity index (χ0n) is 10.5. The van der Waals surface area contributed by atoms with Crippen molar-refractivity contribution in [3.8, 4) is 0 Å². The molecule has 0 radical (unpaired) electrons. The first-order valence-electron chi connectivity index (χ1n) is 6.61. The Morgan fingerprint density at radius 3 is 2.73 bits per heavy atom. The minimum Gasteiger partial charge on any atom is -0.316 e. The largest absolute Gasteiger partial charge is 0.316 e. The monoisotopic (exact) mass is 210 g/mol. The zero-order valence-corrected chi connectivity index (χ0v) is 10.5. The van der Waals surface area contributed by atoms with Crippen LogP contribution in [0.15, 0.2) is 0 Å². The van der Waals surface area contributed by atoms with Crippen LogP contribution in [0.1, 0.15) is 33.6 Å². The summed E-state index contributed by atoms with van der Waals surface area (Å²) in [6.45, 7) is 12.4. The summed E-state index contributed by atoms with van der Waals surface area (Å²) in [5.74, 6) is 2.68. The highest BCUT2D eigenvalue weighted by Crippen LogP contribution is 2.28. The van der Waals surface area contributed by atoms with Crippen LogP contribution in [-0.4, -0.2) is 37.1 Å². The molecule has 0 saturated carbocycles. The van der Waals surface area contributed by atoms with Gasteiger partial charge in [-0.3, -0.25) is 4.90 Å². The summed E-state index contributed by atoms with van der Waals surface area (Å²) in [4.78, 5) is 2.73. The van der Waals surface area contributed by atoms with Gasteiger partial charge in [-0.15, -0.1) is 0 Å². The van der Waals surface area contributed by atoms with E-state index in [-0.39, 0.29) is 0 Å². The fourth-order valence-corrected chi connectivity index (χ4v) is 3.28. The maximum absolute atomic E-state index is 3.47. The molecule has 2 nitrogen and oxygen atoms in total. The van der Waals surface area contributed by atoms with Gasteiger partial charge in [-0.2, -0.15) is 0 Å². The van der Waals surface area contributed by atoms with Crippen LogP contribution in [0.2, 0.25) is 0 Å². The average Bonchev–Trinajstić information content (AvgIpc) is 2.66. The second-order valence-corrected chi connectivity index (χ2v) is 5.87. The van der Waals surface area contributed by atoms with Gasteiger partial charge in [-0.1, -0.05) is 13.8 Å². The number of nitrogens with zero attached hydrogens (tertiary/aromatic N) is 1. The summed E-state index contributed by atoms with van der Waals surface area (Å²) in [6, 6.07) is 0.793. The van der Waals surface area contributed by atoms with Crippen molar-refractivity contribution in [1.82, 2.24) is 10.2 Å². The normalized spacial score (nSPS) is 43.4. The number of rotatable bonds is 2. The van der Waals surface area contributed by atoms with E-state index < -0.39 is 0 Å². The second kappa shape index (κ2) is 4.84. The van der Waals surface area contributed by atoms with E-state index in [9.17, 15) is 0 Å². The fraction of sp³-hybridized carbons (Fsp3) is 1.00. The van der Waals surface area contributed by atoms with E-state index >= 15 is 0 Å². The van der Waals surface area contributed by atoms with E-state index in [2.05, 4.69) is 31.0 Å². The van der Waals surface area contributed by atoms with Gasteiger partial charge in [-0.25, -0.2) is 0 Å². The number of nitrogens with one attached hydrogen (secondary N) is 1. The topological polar surface area (TPSA) is 15.3 Å². The standard InChI is InChI=1S/C13H26N2/c1-10-6-11(2)12(3)15(8-10)9-13-4-5-14-7-13/h10-14H,4-9H2,1-3H3. The van der Waals surface area contributed by atoms with Gasteiger partial charge in [0.2, 0.25) is 0 Å². The third-order valence-corrected chi connectivity index (χ3v) is 4.37. The van der Waals surface area contributed by atoms with E-state index in [0.717, 1.165) is 23.8 Å². The van der Waals surface area contributed by atoms with E-state index in [4.69, 9.17) is 0 Å². The molecule has 0 aromatic rings. The van der Waals surface area contributed by atoms with Crippen molar-refractivity contribution >= 4 is 0 Å². The molecule has 2 rings (SSSR count). The number of hydrogen-bond donors (Lipinski definition) is 1. The Labute approximate surface area is 94.4 Å². The summed E-state index contributed by atoms with van der Waals surface area (Å²) < 4.78 is 0. The van der Waals surface area contributed by atoms with E-state index in [1.54, 1.807) is 0 Å². The Morgan fingerprint density at radius 2 is 2.07 bits per heavy atom. The van der Waals surface area contributed by atoms with Gasteiger partial charge in [-0.05, 0) is 50.6 Å². The van der Waals surface area contributed by atoms with Crippen molar-refractivity contribution in [1.29, 1.82) is 0 Å². The molecule has 2 aliphatic rings. The molecule has 0 aliphatic carbocycles. The Balaban J connectivity index is 1.88. The lowest BCUT2D eigenvalue weighted by Crippen LogP contribution is -2.47. The van der Waals surface area contributed by atoms with Gasteiger partial charge >= 0.3 is 0 Å².